The number of nitriles is 1. The summed E-state index contributed by atoms with van der Waals surface area (Å²) in [5.41, 5.74) is 10.7. The normalized spacial score (nSPS) is 10.2. The molecule has 0 aliphatic carbocycles. The number of nitrogens with two attached hydrogens (primary N) is 1. The minimum Gasteiger partial charge on any atom is -0.396 e. The number of hydrogen-bond acceptors (Lipinski definition) is 3. The van der Waals surface area contributed by atoms with Crippen molar-refractivity contribution in [1.29, 1.82) is 5.26 Å². The van der Waals surface area contributed by atoms with E-state index in [1.54, 1.807) is 10.7 Å². The Bertz CT molecular complexity index is 617. The van der Waals surface area contributed by atoms with E-state index in [-0.39, 0.29) is 0 Å². The number of aromatic nitrogens is 2. The number of para-hydroxylation sites is 1. The van der Waals surface area contributed by atoms with Crippen molar-refractivity contribution in [3.8, 4) is 11.8 Å². The molecule has 0 unspecified atom stereocenters. The fourth-order valence-corrected chi connectivity index (χ4v) is 1.90. The molecular formula is C13H14N4. The van der Waals surface area contributed by atoms with Crippen molar-refractivity contribution in [1.82, 2.24) is 9.78 Å². The van der Waals surface area contributed by atoms with Gasteiger partial charge in [0.15, 0.2) is 0 Å². The number of rotatable bonds is 1. The van der Waals surface area contributed by atoms with Gasteiger partial charge >= 0.3 is 0 Å². The SMILES string of the molecule is Cc1cccc(C#N)c1-n1nc(C)c(N)c1C. The van der Waals surface area contributed by atoms with Crippen LogP contribution in [-0.2, 0) is 0 Å². The summed E-state index contributed by atoms with van der Waals surface area (Å²) in [5.74, 6) is 0. The van der Waals surface area contributed by atoms with Gasteiger partial charge in [-0.1, -0.05) is 12.1 Å². The van der Waals surface area contributed by atoms with E-state index in [0.717, 1.165) is 22.6 Å². The molecule has 4 nitrogen and oxygen atoms in total. The van der Waals surface area contributed by atoms with Gasteiger partial charge in [0, 0.05) is 0 Å². The Hall–Kier alpha value is -2.28. The highest BCUT2D eigenvalue weighted by atomic mass is 15.3. The van der Waals surface area contributed by atoms with Gasteiger partial charge in [0.05, 0.1) is 28.3 Å². The largest absolute Gasteiger partial charge is 0.396 e. The van der Waals surface area contributed by atoms with Crippen molar-refractivity contribution < 1.29 is 0 Å². The van der Waals surface area contributed by atoms with Crippen LogP contribution in [0.3, 0.4) is 0 Å². The Labute approximate surface area is 100 Å². The van der Waals surface area contributed by atoms with E-state index in [1.807, 2.05) is 32.9 Å². The van der Waals surface area contributed by atoms with Gasteiger partial charge in [-0.2, -0.15) is 10.4 Å². The second-order valence-electron chi connectivity index (χ2n) is 4.08. The second kappa shape index (κ2) is 3.95. The van der Waals surface area contributed by atoms with Gasteiger partial charge in [-0.05, 0) is 32.4 Å². The first kappa shape index (κ1) is 11.2. The lowest BCUT2D eigenvalue weighted by atomic mass is 10.1. The van der Waals surface area contributed by atoms with Crippen LogP contribution in [0.4, 0.5) is 5.69 Å². The van der Waals surface area contributed by atoms with Crippen molar-refractivity contribution in [2.24, 2.45) is 0 Å². The lowest BCUT2D eigenvalue weighted by Gasteiger charge is -2.09. The number of benzene rings is 1. The Kier molecular flexibility index (Phi) is 2.60. The first-order valence-electron chi connectivity index (χ1n) is 5.38. The van der Waals surface area contributed by atoms with E-state index in [4.69, 9.17) is 11.0 Å². The molecule has 17 heavy (non-hydrogen) atoms. The monoisotopic (exact) mass is 226 g/mol. The van der Waals surface area contributed by atoms with Gasteiger partial charge in [0.1, 0.15) is 6.07 Å². The van der Waals surface area contributed by atoms with E-state index < -0.39 is 0 Å². The molecule has 0 saturated carbocycles. The lowest BCUT2D eigenvalue weighted by Crippen LogP contribution is -2.04. The van der Waals surface area contributed by atoms with Crippen LogP contribution in [-0.4, -0.2) is 9.78 Å². The van der Waals surface area contributed by atoms with Gasteiger partial charge in [0.25, 0.3) is 0 Å². The fraction of sp³-hybridized carbons (Fsp3) is 0.231. The van der Waals surface area contributed by atoms with Crippen LogP contribution >= 0.6 is 0 Å². The second-order valence-corrected chi connectivity index (χ2v) is 4.08. The Balaban J connectivity index is 2.77. The summed E-state index contributed by atoms with van der Waals surface area (Å²) in [6.45, 7) is 5.73. The van der Waals surface area contributed by atoms with E-state index >= 15 is 0 Å². The molecule has 0 fully saturated rings. The van der Waals surface area contributed by atoms with Crippen LogP contribution in [0.1, 0.15) is 22.5 Å². The Morgan fingerprint density at radius 2 is 2.00 bits per heavy atom. The minimum absolute atomic E-state index is 0.607. The highest BCUT2D eigenvalue weighted by Gasteiger charge is 2.14. The van der Waals surface area contributed by atoms with Crippen LogP contribution in [0, 0.1) is 32.1 Å². The third kappa shape index (κ3) is 1.66. The topological polar surface area (TPSA) is 67.6 Å². The number of anilines is 1. The fourth-order valence-electron chi connectivity index (χ4n) is 1.90. The molecule has 1 aromatic heterocycles. The van der Waals surface area contributed by atoms with Crippen LogP contribution in [0.2, 0.25) is 0 Å². The third-order valence-corrected chi connectivity index (χ3v) is 2.92. The lowest BCUT2D eigenvalue weighted by molar-refractivity contribution is 0.825. The number of nitrogen functional groups attached to an aromatic ring is 1. The van der Waals surface area contributed by atoms with Gasteiger partial charge in [-0.15, -0.1) is 0 Å². The average Bonchev–Trinajstić information content (AvgIpc) is 2.56. The molecule has 0 aliphatic heterocycles. The number of aryl methyl sites for hydroxylation is 2. The van der Waals surface area contributed by atoms with Crippen molar-refractivity contribution in [3.63, 3.8) is 0 Å². The van der Waals surface area contributed by atoms with E-state index in [9.17, 15) is 0 Å². The molecule has 86 valence electrons. The van der Waals surface area contributed by atoms with Gasteiger partial charge in [0.2, 0.25) is 0 Å². The standard InChI is InChI=1S/C13H14N4/c1-8-5-4-6-11(7-14)13(8)17-10(3)12(15)9(2)16-17/h4-6H,15H2,1-3H3. The molecule has 2 rings (SSSR count). The summed E-state index contributed by atoms with van der Waals surface area (Å²) >= 11 is 0. The maximum absolute atomic E-state index is 9.15. The highest BCUT2D eigenvalue weighted by Crippen LogP contribution is 2.24. The summed E-state index contributed by atoms with van der Waals surface area (Å²) in [6, 6.07) is 7.80. The first-order chi connectivity index (χ1) is 8.06. The summed E-state index contributed by atoms with van der Waals surface area (Å²) in [4.78, 5) is 0. The van der Waals surface area contributed by atoms with E-state index in [0.29, 0.717) is 11.3 Å². The van der Waals surface area contributed by atoms with Crippen molar-refractivity contribution in [2.75, 3.05) is 5.73 Å². The molecule has 0 spiro atoms. The summed E-state index contributed by atoms with van der Waals surface area (Å²) in [6.07, 6.45) is 0. The van der Waals surface area contributed by atoms with E-state index in [1.165, 1.54) is 0 Å². The van der Waals surface area contributed by atoms with E-state index in [2.05, 4.69) is 11.2 Å². The Morgan fingerprint density at radius 3 is 2.53 bits per heavy atom. The molecule has 0 radical (unpaired) electrons. The quantitative estimate of drug-likeness (QED) is 0.810. The van der Waals surface area contributed by atoms with Gasteiger partial charge < -0.3 is 5.73 Å². The van der Waals surface area contributed by atoms with Crippen LogP contribution in [0.15, 0.2) is 18.2 Å². The molecule has 0 aliphatic rings. The van der Waals surface area contributed by atoms with Crippen LogP contribution in [0.5, 0.6) is 0 Å². The van der Waals surface area contributed by atoms with Crippen molar-refractivity contribution in [2.45, 2.75) is 20.8 Å². The summed E-state index contributed by atoms with van der Waals surface area (Å²) in [5, 5.41) is 13.5. The molecule has 0 bridgehead atoms. The van der Waals surface area contributed by atoms with Gasteiger partial charge in [-0.3, -0.25) is 0 Å². The first-order valence-corrected chi connectivity index (χ1v) is 5.38. The zero-order valence-electron chi connectivity index (χ0n) is 10.2. The third-order valence-electron chi connectivity index (χ3n) is 2.92. The smallest absolute Gasteiger partial charge is 0.101 e. The zero-order valence-corrected chi connectivity index (χ0v) is 10.2. The predicted molar refractivity (Wildman–Crippen MR) is 66.9 cm³/mol. The molecule has 4 heteroatoms. The summed E-state index contributed by atoms with van der Waals surface area (Å²) in [7, 11) is 0. The molecule has 1 aromatic carbocycles. The minimum atomic E-state index is 0.607. The molecular weight excluding hydrogens is 212 g/mol. The van der Waals surface area contributed by atoms with Crippen LogP contribution in [0.25, 0.3) is 5.69 Å². The Morgan fingerprint density at radius 1 is 1.29 bits per heavy atom. The number of nitrogens with zero attached hydrogens (tertiary/aromatic N) is 3. The van der Waals surface area contributed by atoms with Gasteiger partial charge in [-0.25, -0.2) is 4.68 Å². The maximum Gasteiger partial charge on any atom is 0.101 e. The molecule has 0 amide bonds. The predicted octanol–water partition coefficient (Wildman–Crippen LogP) is 2.25. The molecule has 1 heterocycles. The van der Waals surface area contributed by atoms with Crippen molar-refractivity contribution >= 4 is 5.69 Å². The number of hydrogen-bond donors (Lipinski definition) is 1. The zero-order chi connectivity index (χ0) is 12.6. The van der Waals surface area contributed by atoms with Crippen LogP contribution < -0.4 is 5.73 Å². The molecule has 2 N–H and O–H groups in total. The average molecular weight is 226 g/mol. The maximum atomic E-state index is 9.15. The highest BCUT2D eigenvalue weighted by molar-refractivity contribution is 5.58. The molecule has 0 saturated heterocycles. The molecule has 2 aromatic rings. The van der Waals surface area contributed by atoms with Crippen molar-refractivity contribution in [3.05, 3.63) is 40.7 Å². The molecule has 0 atom stereocenters. The summed E-state index contributed by atoms with van der Waals surface area (Å²) < 4.78 is 1.75.